The molecule has 0 saturated carbocycles. The summed E-state index contributed by atoms with van der Waals surface area (Å²) in [5.41, 5.74) is 1.61. The van der Waals surface area contributed by atoms with Crippen LogP contribution in [0.25, 0.3) is 5.65 Å². The van der Waals surface area contributed by atoms with Gasteiger partial charge in [-0.1, -0.05) is 17.7 Å². The largest absolute Gasteiger partial charge is 0.481 e. The summed E-state index contributed by atoms with van der Waals surface area (Å²) < 4.78 is 7.60. The zero-order valence-electron chi connectivity index (χ0n) is 14.2. The minimum Gasteiger partial charge on any atom is -0.481 e. The van der Waals surface area contributed by atoms with E-state index in [9.17, 15) is 4.79 Å². The Kier molecular flexibility index (Phi) is 4.90. The molecule has 0 aliphatic rings. The van der Waals surface area contributed by atoms with E-state index in [0.29, 0.717) is 16.6 Å². The lowest BCUT2D eigenvalue weighted by Crippen LogP contribution is -2.38. The number of carbonyl (C=O) groups is 1. The Bertz CT molecular complexity index is 909. The van der Waals surface area contributed by atoms with Gasteiger partial charge in [0.25, 0.3) is 5.91 Å². The fourth-order valence-electron chi connectivity index (χ4n) is 2.54. The maximum Gasteiger partial charge on any atom is 0.261 e. The average Bonchev–Trinajstić information content (AvgIpc) is 3.01. The van der Waals surface area contributed by atoms with Crippen molar-refractivity contribution in [3.8, 4) is 5.75 Å². The Balaban J connectivity index is 1.68. The number of nitrogens with zero attached hydrogens (tertiary/aromatic N) is 3. The lowest BCUT2D eigenvalue weighted by molar-refractivity contribution is -0.128. The lowest BCUT2D eigenvalue weighted by Gasteiger charge is -2.19. The Hall–Kier alpha value is -2.60. The molecule has 2 aromatic heterocycles. The predicted octanol–water partition coefficient (Wildman–Crippen LogP) is 3.34. The summed E-state index contributed by atoms with van der Waals surface area (Å²) in [6, 6.07) is 10.6. The van der Waals surface area contributed by atoms with Gasteiger partial charge in [0, 0.05) is 11.2 Å². The van der Waals surface area contributed by atoms with E-state index >= 15 is 0 Å². The maximum absolute atomic E-state index is 12.4. The molecular weight excluding hydrogens is 340 g/mol. The molecule has 3 aromatic rings. The first-order chi connectivity index (χ1) is 12.0. The van der Waals surface area contributed by atoms with Crippen molar-refractivity contribution in [3.63, 3.8) is 0 Å². The molecule has 0 saturated heterocycles. The molecule has 2 heterocycles. The van der Waals surface area contributed by atoms with Crippen LogP contribution in [0.3, 0.4) is 0 Å². The van der Waals surface area contributed by atoms with Crippen molar-refractivity contribution in [3.05, 3.63) is 59.0 Å². The zero-order valence-corrected chi connectivity index (χ0v) is 15.0. The van der Waals surface area contributed by atoms with Gasteiger partial charge in [0.2, 0.25) is 0 Å². The highest BCUT2D eigenvalue weighted by Crippen LogP contribution is 2.23. The number of amides is 1. The standard InChI is InChI=1S/C18H19ClN4O2/c1-11-10-14(19)7-8-15(11)25-13(3)18(24)20-12(2)17-22-21-16-6-4-5-9-23(16)17/h4-10,12-13H,1-3H3,(H,20,24). The molecule has 130 valence electrons. The SMILES string of the molecule is Cc1cc(Cl)ccc1OC(C)C(=O)NC(C)c1nnc2ccccn12. The van der Waals surface area contributed by atoms with Crippen LogP contribution in [0.2, 0.25) is 5.02 Å². The lowest BCUT2D eigenvalue weighted by atomic mass is 10.2. The molecule has 2 unspecified atom stereocenters. The fraction of sp³-hybridized carbons (Fsp3) is 0.278. The van der Waals surface area contributed by atoms with Crippen LogP contribution >= 0.6 is 11.6 Å². The third-order valence-corrected chi connectivity index (χ3v) is 4.13. The third kappa shape index (κ3) is 3.74. The van der Waals surface area contributed by atoms with Crippen LogP contribution < -0.4 is 10.1 Å². The number of fused-ring (bicyclic) bond motifs is 1. The van der Waals surface area contributed by atoms with E-state index in [1.54, 1.807) is 25.1 Å². The zero-order chi connectivity index (χ0) is 18.0. The molecule has 6 nitrogen and oxygen atoms in total. The second-order valence-corrected chi connectivity index (χ2v) is 6.32. The second-order valence-electron chi connectivity index (χ2n) is 5.89. The van der Waals surface area contributed by atoms with Crippen molar-refractivity contribution in [1.82, 2.24) is 19.9 Å². The monoisotopic (exact) mass is 358 g/mol. The maximum atomic E-state index is 12.4. The van der Waals surface area contributed by atoms with Crippen molar-refractivity contribution < 1.29 is 9.53 Å². The number of aryl methyl sites for hydroxylation is 1. The van der Waals surface area contributed by atoms with Gasteiger partial charge in [0.05, 0.1) is 6.04 Å². The van der Waals surface area contributed by atoms with E-state index in [-0.39, 0.29) is 11.9 Å². The van der Waals surface area contributed by atoms with Crippen molar-refractivity contribution in [1.29, 1.82) is 0 Å². The summed E-state index contributed by atoms with van der Waals surface area (Å²) in [4.78, 5) is 12.4. The van der Waals surface area contributed by atoms with Crippen molar-refractivity contribution in [2.45, 2.75) is 32.9 Å². The van der Waals surface area contributed by atoms with Gasteiger partial charge in [0.1, 0.15) is 5.75 Å². The summed E-state index contributed by atoms with van der Waals surface area (Å²) >= 11 is 5.94. The van der Waals surface area contributed by atoms with Crippen LogP contribution in [0, 0.1) is 6.92 Å². The number of rotatable bonds is 5. The molecule has 0 fully saturated rings. The smallest absolute Gasteiger partial charge is 0.261 e. The number of aromatic nitrogens is 3. The molecule has 3 rings (SSSR count). The number of hydrogen-bond acceptors (Lipinski definition) is 4. The van der Waals surface area contributed by atoms with E-state index < -0.39 is 6.10 Å². The number of hydrogen-bond donors (Lipinski definition) is 1. The number of pyridine rings is 1. The summed E-state index contributed by atoms with van der Waals surface area (Å²) in [6.45, 7) is 5.45. The molecule has 0 radical (unpaired) electrons. The minimum atomic E-state index is -0.651. The van der Waals surface area contributed by atoms with Crippen molar-refractivity contribution in [2.75, 3.05) is 0 Å². The van der Waals surface area contributed by atoms with Crippen LogP contribution in [-0.4, -0.2) is 26.6 Å². The van der Waals surface area contributed by atoms with Crippen LogP contribution in [0.1, 0.15) is 31.3 Å². The number of benzene rings is 1. The Morgan fingerprint density at radius 2 is 2.04 bits per heavy atom. The molecule has 0 aliphatic carbocycles. The van der Waals surface area contributed by atoms with Gasteiger partial charge in [-0.25, -0.2) is 0 Å². The van der Waals surface area contributed by atoms with Crippen LogP contribution in [0.5, 0.6) is 5.75 Å². The average molecular weight is 359 g/mol. The Morgan fingerprint density at radius 3 is 2.80 bits per heavy atom. The summed E-state index contributed by atoms with van der Waals surface area (Å²) in [5, 5.41) is 11.8. The summed E-state index contributed by atoms with van der Waals surface area (Å²) in [6.07, 6.45) is 1.21. The second kappa shape index (κ2) is 7.11. The summed E-state index contributed by atoms with van der Waals surface area (Å²) in [5.74, 6) is 1.07. The molecule has 1 N–H and O–H groups in total. The molecule has 0 spiro atoms. The van der Waals surface area contributed by atoms with Crippen LogP contribution in [-0.2, 0) is 4.79 Å². The van der Waals surface area contributed by atoms with Gasteiger partial charge in [0.15, 0.2) is 17.6 Å². The van der Waals surface area contributed by atoms with Crippen molar-refractivity contribution >= 4 is 23.2 Å². The van der Waals surface area contributed by atoms with E-state index in [1.165, 1.54) is 0 Å². The van der Waals surface area contributed by atoms with E-state index in [2.05, 4.69) is 15.5 Å². The number of halogens is 1. The van der Waals surface area contributed by atoms with Gasteiger partial charge in [-0.15, -0.1) is 10.2 Å². The first-order valence-electron chi connectivity index (χ1n) is 7.98. The van der Waals surface area contributed by atoms with Gasteiger partial charge in [-0.05, 0) is 56.7 Å². The first-order valence-corrected chi connectivity index (χ1v) is 8.36. The van der Waals surface area contributed by atoms with Crippen LogP contribution in [0.4, 0.5) is 0 Å². The highest BCUT2D eigenvalue weighted by Gasteiger charge is 2.21. The molecule has 1 aromatic carbocycles. The predicted molar refractivity (Wildman–Crippen MR) is 95.8 cm³/mol. The van der Waals surface area contributed by atoms with E-state index in [0.717, 1.165) is 11.2 Å². The Morgan fingerprint density at radius 1 is 1.24 bits per heavy atom. The van der Waals surface area contributed by atoms with Crippen molar-refractivity contribution in [2.24, 2.45) is 0 Å². The normalized spacial score (nSPS) is 13.4. The Labute approximate surface area is 150 Å². The highest BCUT2D eigenvalue weighted by molar-refractivity contribution is 6.30. The van der Waals surface area contributed by atoms with Gasteiger partial charge in [-0.3, -0.25) is 9.20 Å². The molecule has 7 heteroatoms. The molecule has 0 bridgehead atoms. The summed E-state index contributed by atoms with van der Waals surface area (Å²) in [7, 11) is 0. The third-order valence-electron chi connectivity index (χ3n) is 3.90. The molecule has 0 aliphatic heterocycles. The quantitative estimate of drug-likeness (QED) is 0.759. The van der Waals surface area contributed by atoms with E-state index in [1.807, 2.05) is 42.6 Å². The topological polar surface area (TPSA) is 68.5 Å². The number of ether oxygens (including phenoxy) is 1. The molecule has 25 heavy (non-hydrogen) atoms. The first kappa shape index (κ1) is 17.2. The van der Waals surface area contributed by atoms with Crippen LogP contribution in [0.15, 0.2) is 42.6 Å². The number of nitrogens with one attached hydrogen (secondary N) is 1. The highest BCUT2D eigenvalue weighted by atomic mass is 35.5. The minimum absolute atomic E-state index is 0.227. The van der Waals surface area contributed by atoms with Gasteiger partial charge in [-0.2, -0.15) is 0 Å². The van der Waals surface area contributed by atoms with Gasteiger partial charge >= 0.3 is 0 Å². The fourth-order valence-corrected chi connectivity index (χ4v) is 2.77. The van der Waals surface area contributed by atoms with E-state index in [4.69, 9.17) is 16.3 Å². The van der Waals surface area contributed by atoms with Gasteiger partial charge < -0.3 is 10.1 Å². The molecule has 2 atom stereocenters. The molecular formula is C18H19ClN4O2. The molecule has 1 amide bonds. The number of carbonyl (C=O) groups excluding carboxylic acids is 1.